The Hall–Kier alpha value is -3.12. The molecule has 0 N–H and O–H groups in total. The molecule has 0 heterocycles. The third-order valence-corrected chi connectivity index (χ3v) is 3.43. The zero-order valence-electron chi connectivity index (χ0n) is 11.8. The van der Waals surface area contributed by atoms with Crippen molar-refractivity contribution >= 4 is 16.7 Å². The Balaban J connectivity index is 1.77. The summed E-state index contributed by atoms with van der Waals surface area (Å²) in [6.07, 6.45) is 0.210. The largest absolute Gasteiger partial charge is 0.426 e. The summed E-state index contributed by atoms with van der Waals surface area (Å²) in [4.78, 5) is 12.1. The quantitative estimate of drug-likeness (QED) is 0.543. The minimum atomic E-state index is -0.318. The minimum absolute atomic E-state index is 0.210. The average molecular weight is 287 g/mol. The van der Waals surface area contributed by atoms with Gasteiger partial charge in [-0.15, -0.1) is 0 Å². The van der Waals surface area contributed by atoms with E-state index in [1.807, 2.05) is 48.5 Å². The van der Waals surface area contributed by atoms with E-state index in [4.69, 9.17) is 10.00 Å². The number of carbonyl (C=O) groups excluding carboxylic acids is 1. The predicted molar refractivity (Wildman–Crippen MR) is 84.4 cm³/mol. The second-order valence-electron chi connectivity index (χ2n) is 4.93. The van der Waals surface area contributed by atoms with Gasteiger partial charge in [0.05, 0.1) is 18.1 Å². The first kappa shape index (κ1) is 13.8. The van der Waals surface area contributed by atoms with Gasteiger partial charge >= 0.3 is 5.97 Å². The third kappa shape index (κ3) is 2.97. The Morgan fingerprint density at radius 1 is 0.955 bits per heavy atom. The first-order valence-corrected chi connectivity index (χ1v) is 6.94. The lowest BCUT2D eigenvalue weighted by Crippen LogP contribution is -2.11. The molecule has 0 saturated carbocycles. The van der Waals surface area contributed by atoms with Crippen LogP contribution in [0.5, 0.6) is 5.75 Å². The van der Waals surface area contributed by atoms with E-state index >= 15 is 0 Å². The van der Waals surface area contributed by atoms with Crippen molar-refractivity contribution in [2.24, 2.45) is 0 Å². The highest BCUT2D eigenvalue weighted by Gasteiger charge is 2.09. The van der Waals surface area contributed by atoms with E-state index in [0.29, 0.717) is 11.3 Å². The molecule has 0 unspecified atom stereocenters. The summed E-state index contributed by atoms with van der Waals surface area (Å²) < 4.78 is 5.32. The van der Waals surface area contributed by atoms with Crippen molar-refractivity contribution < 1.29 is 9.53 Å². The number of ether oxygens (including phenoxy) is 1. The number of esters is 1. The molecule has 3 aromatic carbocycles. The Morgan fingerprint density at radius 3 is 2.45 bits per heavy atom. The van der Waals surface area contributed by atoms with Gasteiger partial charge in [0, 0.05) is 0 Å². The molecular formula is C19H13NO2. The van der Waals surface area contributed by atoms with E-state index < -0.39 is 0 Å². The number of benzene rings is 3. The number of fused-ring (bicyclic) bond motifs is 1. The van der Waals surface area contributed by atoms with Crippen molar-refractivity contribution in [2.75, 3.05) is 0 Å². The van der Waals surface area contributed by atoms with E-state index in [2.05, 4.69) is 0 Å². The molecule has 3 rings (SSSR count). The summed E-state index contributed by atoms with van der Waals surface area (Å²) >= 11 is 0. The van der Waals surface area contributed by atoms with Gasteiger partial charge in [0.1, 0.15) is 5.75 Å². The number of carbonyl (C=O) groups is 1. The van der Waals surface area contributed by atoms with E-state index in [9.17, 15) is 4.79 Å². The molecule has 0 aromatic heterocycles. The maximum absolute atomic E-state index is 12.1. The fourth-order valence-electron chi connectivity index (χ4n) is 2.37. The Bertz CT molecular complexity index is 855. The van der Waals surface area contributed by atoms with Gasteiger partial charge in [-0.25, -0.2) is 0 Å². The van der Waals surface area contributed by atoms with E-state index in [1.165, 1.54) is 0 Å². The fourth-order valence-corrected chi connectivity index (χ4v) is 2.37. The lowest BCUT2D eigenvalue weighted by molar-refractivity contribution is -0.133. The minimum Gasteiger partial charge on any atom is -0.426 e. The van der Waals surface area contributed by atoms with Crippen molar-refractivity contribution in [1.82, 2.24) is 0 Å². The number of hydrogen-bond donors (Lipinski definition) is 0. The van der Waals surface area contributed by atoms with Gasteiger partial charge in [-0.3, -0.25) is 4.79 Å². The van der Waals surface area contributed by atoms with Crippen molar-refractivity contribution in [3.05, 3.63) is 77.9 Å². The van der Waals surface area contributed by atoms with Crippen molar-refractivity contribution in [3.63, 3.8) is 0 Å². The molecule has 0 saturated heterocycles. The highest BCUT2D eigenvalue weighted by atomic mass is 16.5. The number of nitriles is 1. The summed E-state index contributed by atoms with van der Waals surface area (Å²) in [5.74, 6) is 0.130. The van der Waals surface area contributed by atoms with Crippen LogP contribution >= 0.6 is 0 Å². The number of nitrogens with zero attached hydrogens (tertiary/aromatic N) is 1. The molecule has 0 aliphatic heterocycles. The molecule has 0 aliphatic rings. The third-order valence-electron chi connectivity index (χ3n) is 3.43. The predicted octanol–water partition coefficient (Wildman–Crippen LogP) is 3.86. The smallest absolute Gasteiger partial charge is 0.315 e. The monoisotopic (exact) mass is 287 g/mol. The summed E-state index contributed by atoms with van der Waals surface area (Å²) in [7, 11) is 0. The van der Waals surface area contributed by atoms with Gasteiger partial charge in [0.2, 0.25) is 0 Å². The van der Waals surface area contributed by atoms with Crippen LogP contribution in [0.1, 0.15) is 11.1 Å². The molecule has 0 bridgehead atoms. The maximum atomic E-state index is 12.1. The SMILES string of the molecule is N#Cc1ccc(OC(=O)Cc2cccc3ccccc23)cc1. The van der Waals surface area contributed by atoms with E-state index in [0.717, 1.165) is 16.3 Å². The molecule has 0 amide bonds. The van der Waals surface area contributed by atoms with E-state index in [1.54, 1.807) is 24.3 Å². The van der Waals surface area contributed by atoms with Crippen LogP contribution in [0.15, 0.2) is 66.7 Å². The normalized spacial score (nSPS) is 10.1. The van der Waals surface area contributed by atoms with Gasteiger partial charge < -0.3 is 4.74 Å². The molecule has 3 aromatic rings. The maximum Gasteiger partial charge on any atom is 0.315 e. The first-order chi connectivity index (χ1) is 10.8. The average Bonchev–Trinajstić information content (AvgIpc) is 2.56. The molecular weight excluding hydrogens is 274 g/mol. The molecule has 0 aliphatic carbocycles. The van der Waals surface area contributed by atoms with Crippen LogP contribution in [0, 0.1) is 11.3 Å². The molecule has 106 valence electrons. The number of hydrogen-bond acceptors (Lipinski definition) is 3. The van der Waals surface area contributed by atoms with Gasteiger partial charge in [-0.1, -0.05) is 42.5 Å². The van der Waals surface area contributed by atoms with E-state index in [-0.39, 0.29) is 12.4 Å². The van der Waals surface area contributed by atoms with Gasteiger partial charge in [-0.05, 0) is 40.6 Å². The molecule has 3 nitrogen and oxygen atoms in total. The summed E-state index contributed by atoms with van der Waals surface area (Å²) in [5.41, 5.74) is 1.48. The Morgan fingerprint density at radius 2 is 1.68 bits per heavy atom. The highest BCUT2D eigenvalue weighted by Crippen LogP contribution is 2.20. The van der Waals surface area contributed by atoms with Crippen LogP contribution in [0.4, 0.5) is 0 Å². The standard InChI is InChI=1S/C19H13NO2/c20-13-14-8-10-17(11-9-14)22-19(21)12-16-6-3-5-15-4-1-2-7-18(15)16/h1-11H,12H2. The van der Waals surface area contributed by atoms with Crippen LogP contribution in [-0.4, -0.2) is 5.97 Å². The molecule has 0 atom stereocenters. The number of rotatable bonds is 3. The second-order valence-corrected chi connectivity index (χ2v) is 4.93. The van der Waals surface area contributed by atoms with Crippen molar-refractivity contribution in [2.45, 2.75) is 6.42 Å². The molecule has 3 heteroatoms. The Kier molecular flexibility index (Phi) is 3.84. The molecule has 0 radical (unpaired) electrons. The van der Waals surface area contributed by atoms with Gasteiger partial charge in [0.15, 0.2) is 0 Å². The van der Waals surface area contributed by atoms with Gasteiger partial charge in [0.25, 0.3) is 0 Å². The molecule has 0 spiro atoms. The van der Waals surface area contributed by atoms with Crippen molar-refractivity contribution in [1.29, 1.82) is 5.26 Å². The Labute approximate surface area is 128 Å². The highest BCUT2D eigenvalue weighted by molar-refractivity contribution is 5.89. The van der Waals surface area contributed by atoms with Crippen molar-refractivity contribution in [3.8, 4) is 11.8 Å². The fraction of sp³-hybridized carbons (Fsp3) is 0.0526. The topological polar surface area (TPSA) is 50.1 Å². The van der Waals surface area contributed by atoms with Crippen LogP contribution in [0.2, 0.25) is 0 Å². The molecule has 22 heavy (non-hydrogen) atoms. The van der Waals surface area contributed by atoms with Crippen LogP contribution in [-0.2, 0) is 11.2 Å². The molecule has 0 fully saturated rings. The first-order valence-electron chi connectivity index (χ1n) is 6.94. The van der Waals surface area contributed by atoms with Gasteiger partial charge in [-0.2, -0.15) is 5.26 Å². The summed E-state index contributed by atoms with van der Waals surface area (Å²) in [6, 6.07) is 22.4. The lowest BCUT2D eigenvalue weighted by atomic mass is 10.0. The van der Waals surface area contributed by atoms with Crippen LogP contribution < -0.4 is 4.74 Å². The summed E-state index contributed by atoms with van der Waals surface area (Å²) in [6.45, 7) is 0. The van der Waals surface area contributed by atoms with Crippen LogP contribution in [0.25, 0.3) is 10.8 Å². The zero-order chi connectivity index (χ0) is 15.4. The zero-order valence-corrected chi connectivity index (χ0v) is 11.8. The lowest BCUT2D eigenvalue weighted by Gasteiger charge is -2.07. The van der Waals surface area contributed by atoms with Crippen LogP contribution in [0.3, 0.4) is 0 Å². The second kappa shape index (κ2) is 6.11. The summed E-state index contributed by atoms with van der Waals surface area (Å²) in [5, 5.41) is 10.9.